The molecule has 0 saturated heterocycles. The third kappa shape index (κ3) is 37.8. The van der Waals surface area contributed by atoms with Gasteiger partial charge in [0.1, 0.15) is 12.7 Å². The van der Waals surface area contributed by atoms with Crippen LogP contribution in [-0.2, 0) is 32.7 Å². The third-order valence-electron chi connectivity index (χ3n) is 8.14. The second-order valence-corrected chi connectivity index (χ2v) is 14.8. The zero-order valence-corrected chi connectivity index (χ0v) is 33.9. The van der Waals surface area contributed by atoms with Crippen LogP contribution < -0.4 is 0 Å². The van der Waals surface area contributed by atoms with Gasteiger partial charge >= 0.3 is 19.8 Å². The van der Waals surface area contributed by atoms with Crippen molar-refractivity contribution in [2.24, 2.45) is 0 Å². The number of hydrogen-bond acceptors (Lipinski definition) is 9. The summed E-state index contributed by atoms with van der Waals surface area (Å²) in [5.74, 6) is -1.01. The molecule has 0 fully saturated rings. The van der Waals surface area contributed by atoms with Gasteiger partial charge in [-0.3, -0.25) is 18.6 Å². The maximum absolute atomic E-state index is 12.6. The molecule has 0 radical (unpaired) electrons. The Morgan fingerprint density at radius 1 is 0.566 bits per heavy atom. The van der Waals surface area contributed by atoms with Crippen LogP contribution in [0.25, 0.3) is 0 Å². The molecule has 10 nitrogen and oxygen atoms in total. The van der Waals surface area contributed by atoms with Gasteiger partial charge in [0, 0.05) is 12.8 Å². The fraction of sp³-hybridized carbons (Fsp3) is 0.714. The zero-order chi connectivity index (χ0) is 39.1. The Hall–Kier alpha value is -2.33. The van der Waals surface area contributed by atoms with Gasteiger partial charge in [0.25, 0.3) is 0 Å². The summed E-state index contributed by atoms with van der Waals surface area (Å²) in [5.41, 5.74) is 0. The van der Waals surface area contributed by atoms with Gasteiger partial charge in [-0.05, 0) is 77.0 Å². The number of phosphoric ester groups is 1. The molecule has 0 aliphatic heterocycles. The van der Waals surface area contributed by atoms with E-state index in [4.69, 9.17) is 19.1 Å². The zero-order valence-electron chi connectivity index (χ0n) is 33.0. The van der Waals surface area contributed by atoms with Gasteiger partial charge in [-0.2, -0.15) is 0 Å². The highest BCUT2D eigenvalue weighted by Crippen LogP contribution is 2.43. The highest BCUT2D eigenvalue weighted by molar-refractivity contribution is 7.47. The Morgan fingerprint density at radius 2 is 1.00 bits per heavy atom. The normalized spacial score (nSPS) is 14.6. The molecule has 11 heteroatoms. The Kier molecular flexibility index (Phi) is 36.3. The molecule has 3 atom stereocenters. The smallest absolute Gasteiger partial charge is 0.462 e. The molecule has 0 heterocycles. The van der Waals surface area contributed by atoms with Gasteiger partial charge < -0.3 is 24.6 Å². The number of aliphatic hydroxyl groups is 2. The summed E-state index contributed by atoms with van der Waals surface area (Å²) in [6.07, 6.45) is 40.5. The number of phosphoric acid groups is 1. The SMILES string of the molecule is CCCCCC=CCC=CCC=CCC=CCCCC(=O)OC(COC(=O)CCCCCCCC=CCCCCCC)COP(=O)(O)OCC(O)CO. The van der Waals surface area contributed by atoms with Gasteiger partial charge in [0.05, 0.1) is 19.8 Å². The van der Waals surface area contributed by atoms with Crippen LogP contribution >= 0.6 is 7.82 Å². The van der Waals surface area contributed by atoms with E-state index in [-0.39, 0.29) is 19.4 Å². The predicted octanol–water partition coefficient (Wildman–Crippen LogP) is 10.3. The lowest BCUT2D eigenvalue weighted by atomic mass is 10.1. The largest absolute Gasteiger partial charge is 0.472 e. The molecule has 3 N–H and O–H groups in total. The summed E-state index contributed by atoms with van der Waals surface area (Å²) >= 11 is 0. The summed E-state index contributed by atoms with van der Waals surface area (Å²) in [4.78, 5) is 34.9. The van der Waals surface area contributed by atoms with E-state index >= 15 is 0 Å². The molecule has 0 bridgehead atoms. The van der Waals surface area contributed by atoms with E-state index in [0.29, 0.717) is 19.3 Å². The number of hydrogen-bond donors (Lipinski definition) is 3. The minimum absolute atomic E-state index is 0.104. The van der Waals surface area contributed by atoms with Crippen LogP contribution in [0.3, 0.4) is 0 Å². The molecule has 53 heavy (non-hydrogen) atoms. The molecule has 306 valence electrons. The number of carbonyl (C=O) groups excluding carboxylic acids is 2. The lowest BCUT2D eigenvalue weighted by Gasteiger charge is -2.20. The van der Waals surface area contributed by atoms with Gasteiger partial charge in [-0.25, -0.2) is 4.57 Å². The van der Waals surface area contributed by atoms with Crippen molar-refractivity contribution in [2.75, 3.05) is 26.4 Å². The van der Waals surface area contributed by atoms with E-state index in [1.165, 1.54) is 44.9 Å². The van der Waals surface area contributed by atoms with E-state index in [2.05, 4.69) is 67.0 Å². The molecule has 0 aliphatic rings. The number of allylic oxidation sites excluding steroid dienone is 10. The Balaban J connectivity index is 4.47. The molecule has 0 amide bonds. The Labute approximate surface area is 321 Å². The van der Waals surface area contributed by atoms with Gasteiger partial charge in [-0.15, -0.1) is 0 Å². The second-order valence-electron chi connectivity index (χ2n) is 13.3. The lowest BCUT2D eigenvalue weighted by Crippen LogP contribution is -2.29. The Morgan fingerprint density at radius 3 is 1.58 bits per heavy atom. The minimum atomic E-state index is -4.63. The fourth-order valence-corrected chi connectivity index (χ4v) is 5.77. The first-order valence-corrected chi connectivity index (χ1v) is 21.7. The van der Waals surface area contributed by atoms with Crippen LogP contribution in [0, 0.1) is 0 Å². The molecule has 0 aromatic rings. The first-order chi connectivity index (χ1) is 25.7. The van der Waals surface area contributed by atoms with Crippen molar-refractivity contribution >= 4 is 19.8 Å². The quantitative estimate of drug-likeness (QED) is 0.0241. The van der Waals surface area contributed by atoms with Gasteiger partial charge in [-0.1, -0.05) is 126 Å². The molecule has 0 aliphatic carbocycles. The molecule has 0 aromatic heterocycles. The number of carbonyl (C=O) groups is 2. The summed E-state index contributed by atoms with van der Waals surface area (Å²) in [6.45, 7) is 2.24. The van der Waals surface area contributed by atoms with Gasteiger partial charge in [0.15, 0.2) is 6.10 Å². The van der Waals surface area contributed by atoms with Crippen LogP contribution in [-0.4, -0.2) is 65.7 Å². The van der Waals surface area contributed by atoms with Crippen molar-refractivity contribution in [3.05, 3.63) is 60.8 Å². The summed E-state index contributed by atoms with van der Waals surface area (Å²) < 4.78 is 32.6. The Bertz CT molecular complexity index is 1070. The summed E-state index contributed by atoms with van der Waals surface area (Å²) in [6, 6.07) is 0. The first-order valence-electron chi connectivity index (χ1n) is 20.2. The van der Waals surface area contributed by atoms with Crippen LogP contribution in [0.1, 0.15) is 155 Å². The van der Waals surface area contributed by atoms with E-state index in [0.717, 1.165) is 64.2 Å². The minimum Gasteiger partial charge on any atom is -0.462 e. The van der Waals surface area contributed by atoms with E-state index in [1.807, 2.05) is 12.2 Å². The fourth-order valence-electron chi connectivity index (χ4n) is 4.98. The van der Waals surface area contributed by atoms with Crippen molar-refractivity contribution in [1.82, 2.24) is 0 Å². The lowest BCUT2D eigenvalue weighted by molar-refractivity contribution is -0.161. The van der Waals surface area contributed by atoms with Crippen molar-refractivity contribution < 1.29 is 47.8 Å². The van der Waals surface area contributed by atoms with Crippen LogP contribution in [0.15, 0.2) is 60.8 Å². The molecular formula is C42H73O10P. The van der Waals surface area contributed by atoms with E-state index in [9.17, 15) is 24.2 Å². The standard InChI is InChI=1S/C42H73O10P/c1-3-5-7-9-11-13-15-17-18-19-20-22-24-26-28-30-32-34-42(46)52-40(38-51-53(47,48)50-36-39(44)35-43)37-49-41(45)33-31-29-27-25-23-21-16-14-12-10-8-6-4-2/h11,13-14,16-18,20,22,26,28,39-40,43-44H,3-10,12,15,19,21,23-25,27,29-38H2,1-2H3,(H,47,48). The van der Waals surface area contributed by atoms with Crippen molar-refractivity contribution in [1.29, 1.82) is 0 Å². The van der Waals surface area contributed by atoms with Crippen LogP contribution in [0.2, 0.25) is 0 Å². The molecule has 0 spiro atoms. The first kappa shape index (κ1) is 50.7. The number of aliphatic hydroxyl groups excluding tert-OH is 2. The maximum atomic E-state index is 12.6. The molecule has 0 saturated carbocycles. The maximum Gasteiger partial charge on any atom is 0.472 e. The van der Waals surface area contributed by atoms with Gasteiger partial charge in [0.2, 0.25) is 0 Å². The number of rotatable bonds is 37. The number of esters is 2. The highest BCUT2D eigenvalue weighted by atomic mass is 31.2. The molecule has 3 unspecified atom stereocenters. The van der Waals surface area contributed by atoms with E-state index < -0.39 is 51.8 Å². The molecular weight excluding hydrogens is 695 g/mol. The number of unbranched alkanes of at least 4 members (excludes halogenated alkanes) is 13. The van der Waals surface area contributed by atoms with Crippen molar-refractivity contribution in [3.8, 4) is 0 Å². The van der Waals surface area contributed by atoms with E-state index in [1.54, 1.807) is 0 Å². The highest BCUT2D eigenvalue weighted by Gasteiger charge is 2.27. The molecule has 0 aromatic carbocycles. The average molecular weight is 769 g/mol. The van der Waals surface area contributed by atoms with Crippen LogP contribution in [0.4, 0.5) is 0 Å². The molecule has 0 rings (SSSR count). The summed E-state index contributed by atoms with van der Waals surface area (Å²) in [5, 5.41) is 18.3. The number of ether oxygens (including phenoxy) is 2. The van der Waals surface area contributed by atoms with Crippen molar-refractivity contribution in [2.45, 2.75) is 167 Å². The van der Waals surface area contributed by atoms with Crippen LogP contribution in [0.5, 0.6) is 0 Å². The van der Waals surface area contributed by atoms with Crippen molar-refractivity contribution in [3.63, 3.8) is 0 Å². The monoisotopic (exact) mass is 768 g/mol. The topological polar surface area (TPSA) is 149 Å². The average Bonchev–Trinajstić information content (AvgIpc) is 3.14. The third-order valence-corrected chi connectivity index (χ3v) is 9.10. The second kappa shape index (κ2) is 38.0. The predicted molar refractivity (Wildman–Crippen MR) is 214 cm³/mol. The summed E-state index contributed by atoms with van der Waals surface area (Å²) in [7, 11) is -4.63.